The normalized spacial score (nSPS) is 9.69. The Morgan fingerprint density at radius 3 is 2.92 bits per heavy atom. The largest absolute Gasteiger partial charge is 0.375 e. The molecular formula is C7H7F2N3O. The molecule has 0 aliphatic heterocycles. The van der Waals surface area contributed by atoms with Crippen LogP contribution in [0.25, 0.3) is 0 Å². The summed E-state index contributed by atoms with van der Waals surface area (Å²) in [4.78, 5) is 10.6. The number of hydrogen-bond acceptors (Lipinski definition) is 3. The van der Waals surface area contributed by atoms with Gasteiger partial charge in [0, 0.05) is 6.54 Å². The molecule has 1 aromatic rings. The first kappa shape index (κ1) is 9.37. The van der Waals surface area contributed by atoms with Gasteiger partial charge in [0.1, 0.15) is 5.69 Å². The third-order valence-electron chi connectivity index (χ3n) is 1.30. The molecule has 0 aliphatic rings. The molecule has 0 saturated heterocycles. The average molecular weight is 187 g/mol. The number of aromatic amines is 1. The summed E-state index contributed by atoms with van der Waals surface area (Å²) in [5.74, 6) is -2.30. The number of nitrogens with zero attached hydrogens (tertiary/aromatic N) is 1. The second kappa shape index (κ2) is 3.79. The van der Waals surface area contributed by atoms with Gasteiger partial charge in [-0.3, -0.25) is 4.79 Å². The molecule has 0 spiro atoms. The van der Waals surface area contributed by atoms with E-state index in [1.165, 1.54) is 6.08 Å². The lowest BCUT2D eigenvalue weighted by atomic mass is 10.4. The van der Waals surface area contributed by atoms with Gasteiger partial charge in [0.25, 0.3) is 5.95 Å². The zero-order valence-corrected chi connectivity index (χ0v) is 6.60. The summed E-state index contributed by atoms with van der Waals surface area (Å²) in [6.07, 6.45) is 1.40. The highest BCUT2D eigenvalue weighted by Crippen LogP contribution is 2.10. The molecule has 0 saturated carbocycles. The number of H-pyrrole nitrogens is 1. The third-order valence-corrected chi connectivity index (χ3v) is 1.30. The van der Waals surface area contributed by atoms with Crippen LogP contribution in [0.2, 0.25) is 0 Å². The summed E-state index contributed by atoms with van der Waals surface area (Å²) in [7, 11) is 0. The van der Waals surface area contributed by atoms with Crippen LogP contribution in [-0.4, -0.2) is 16.7 Å². The van der Waals surface area contributed by atoms with E-state index in [1.54, 1.807) is 5.10 Å². The Kier molecular flexibility index (Phi) is 2.73. The molecule has 0 amide bonds. The molecule has 0 radical (unpaired) electrons. The van der Waals surface area contributed by atoms with E-state index in [1.807, 2.05) is 0 Å². The van der Waals surface area contributed by atoms with Crippen molar-refractivity contribution >= 4 is 5.69 Å². The first-order valence-electron chi connectivity index (χ1n) is 3.45. The molecule has 0 unspecified atom stereocenters. The van der Waals surface area contributed by atoms with Crippen molar-refractivity contribution in [2.75, 3.05) is 11.9 Å². The van der Waals surface area contributed by atoms with Crippen LogP contribution in [0.4, 0.5) is 14.5 Å². The first-order chi connectivity index (χ1) is 6.16. The summed E-state index contributed by atoms with van der Waals surface area (Å²) < 4.78 is 25.6. The van der Waals surface area contributed by atoms with Gasteiger partial charge in [0.2, 0.25) is 5.82 Å². The molecule has 2 N–H and O–H groups in total. The Morgan fingerprint density at radius 1 is 1.62 bits per heavy atom. The maximum Gasteiger partial charge on any atom is 0.302 e. The fraction of sp³-hybridized carbons (Fsp3) is 0.143. The lowest BCUT2D eigenvalue weighted by Crippen LogP contribution is -2.18. The van der Waals surface area contributed by atoms with E-state index in [0.717, 1.165) is 0 Å². The average Bonchev–Trinajstić information content (AvgIpc) is 2.12. The molecular weight excluding hydrogens is 180 g/mol. The van der Waals surface area contributed by atoms with Gasteiger partial charge < -0.3 is 5.32 Å². The predicted molar refractivity (Wildman–Crippen MR) is 43.5 cm³/mol. The number of aromatic nitrogens is 2. The van der Waals surface area contributed by atoms with Crippen LogP contribution in [-0.2, 0) is 0 Å². The first-order valence-corrected chi connectivity index (χ1v) is 3.45. The van der Waals surface area contributed by atoms with Gasteiger partial charge in [-0.15, -0.1) is 11.7 Å². The monoisotopic (exact) mass is 187 g/mol. The van der Waals surface area contributed by atoms with Crippen molar-refractivity contribution in [2.24, 2.45) is 0 Å². The smallest absolute Gasteiger partial charge is 0.302 e. The van der Waals surface area contributed by atoms with Crippen molar-refractivity contribution in [1.29, 1.82) is 0 Å². The summed E-state index contributed by atoms with van der Waals surface area (Å²) in [5, 5.41) is 6.94. The zero-order valence-electron chi connectivity index (χ0n) is 6.60. The van der Waals surface area contributed by atoms with E-state index >= 15 is 0 Å². The number of rotatable bonds is 3. The molecule has 4 nitrogen and oxygen atoms in total. The van der Waals surface area contributed by atoms with Crippen LogP contribution < -0.4 is 10.9 Å². The van der Waals surface area contributed by atoms with Crippen LogP contribution in [0.3, 0.4) is 0 Å². The molecule has 0 aromatic carbocycles. The number of nitrogens with one attached hydrogen (secondary N) is 2. The number of halogens is 2. The fourth-order valence-electron chi connectivity index (χ4n) is 0.734. The van der Waals surface area contributed by atoms with Crippen molar-refractivity contribution in [1.82, 2.24) is 10.2 Å². The Labute approximate surface area is 72.3 Å². The minimum atomic E-state index is -1.21. The van der Waals surface area contributed by atoms with Gasteiger partial charge in [-0.25, -0.2) is 5.10 Å². The van der Waals surface area contributed by atoms with E-state index in [2.05, 4.69) is 17.0 Å². The Balaban J connectivity index is 3.09. The molecule has 0 aliphatic carbocycles. The van der Waals surface area contributed by atoms with Gasteiger partial charge in [-0.1, -0.05) is 6.08 Å². The minimum Gasteiger partial charge on any atom is -0.375 e. The van der Waals surface area contributed by atoms with Gasteiger partial charge in [0.05, 0.1) is 0 Å². The van der Waals surface area contributed by atoms with Crippen LogP contribution >= 0.6 is 0 Å². The highest BCUT2D eigenvalue weighted by atomic mass is 19.1. The van der Waals surface area contributed by atoms with Crippen LogP contribution in [0.1, 0.15) is 0 Å². The molecule has 0 atom stereocenters. The number of hydrogen-bond donors (Lipinski definition) is 2. The molecule has 70 valence electrons. The van der Waals surface area contributed by atoms with Gasteiger partial charge in [0.15, 0.2) is 0 Å². The van der Waals surface area contributed by atoms with Crippen molar-refractivity contribution in [3.63, 3.8) is 0 Å². The summed E-state index contributed by atoms with van der Waals surface area (Å²) in [5.41, 5.74) is -1.60. The van der Waals surface area contributed by atoms with Crippen LogP contribution in [0.5, 0.6) is 0 Å². The maximum absolute atomic E-state index is 12.9. The van der Waals surface area contributed by atoms with Gasteiger partial charge in [-0.05, 0) is 0 Å². The predicted octanol–water partition coefficient (Wildman–Crippen LogP) is 0.646. The van der Waals surface area contributed by atoms with Gasteiger partial charge in [-0.2, -0.15) is 8.78 Å². The maximum atomic E-state index is 12.9. The molecule has 6 heteroatoms. The van der Waals surface area contributed by atoms with E-state index in [0.29, 0.717) is 0 Å². The zero-order chi connectivity index (χ0) is 9.84. The Bertz CT molecular complexity index is 374. The van der Waals surface area contributed by atoms with Crippen molar-refractivity contribution in [2.45, 2.75) is 0 Å². The highest BCUT2D eigenvalue weighted by Gasteiger charge is 2.12. The van der Waals surface area contributed by atoms with E-state index < -0.39 is 23.0 Å². The molecule has 0 fully saturated rings. The second-order valence-electron chi connectivity index (χ2n) is 2.20. The molecule has 0 bridgehead atoms. The molecule has 1 rings (SSSR count). The van der Waals surface area contributed by atoms with Crippen molar-refractivity contribution < 1.29 is 8.78 Å². The lowest BCUT2D eigenvalue weighted by Gasteiger charge is -2.03. The van der Waals surface area contributed by atoms with E-state index in [4.69, 9.17) is 0 Å². The van der Waals surface area contributed by atoms with Crippen LogP contribution in [0, 0.1) is 11.8 Å². The standard InChI is InChI=1S/C7H7F2N3O/c1-2-3-10-5-4(8)7(13)12-11-6(5)9/h2H,1,3H2,(H2,10,12,13). The van der Waals surface area contributed by atoms with Gasteiger partial charge >= 0.3 is 5.56 Å². The summed E-state index contributed by atoms with van der Waals surface area (Å²) in [6, 6.07) is 0. The molecule has 13 heavy (non-hydrogen) atoms. The summed E-state index contributed by atoms with van der Waals surface area (Å²) in [6.45, 7) is 3.50. The topological polar surface area (TPSA) is 57.8 Å². The summed E-state index contributed by atoms with van der Waals surface area (Å²) >= 11 is 0. The second-order valence-corrected chi connectivity index (χ2v) is 2.20. The van der Waals surface area contributed by atoms with Crippen molar-refractivity contribution in [3.05, 3.63) is 34.8 Å². The SMILES string of the molecule is C=CCNc1c(F)n[nH]c(=O)c1F. The highest BCUT2D eigenvalue weighted by molar-refractivity contribution is 5.42. The molecule has 1 aromatic heterocycles. The Hall–Kier alpha value is -1.72. The van der Waals surface area contributed by atoms with Crippen molar-refractivity contribution in [3.8, 4) is 0 Å². The van der Waals surface area contributed by atoms with E-state index in [9.17, 15) is 13.6 Å². The van der Waals surface area contributed by atoms with Crippen LogP contribution in [0.15, 0.2) is 17.4 Å². The quantitative estimate of drug-likeness (QED) is 0.683. The Morgan fingerprint density at radius 2 is 2.31 bits per heavy atom. The molecule has 1 heterocycles. The number of anilines is 1. The lowest BCUT2D eigenvalue weighted by molar-refractivity contribution is 0.526. The fourth-order valence-corrected chi connectivity index (χ4v) is 0.734. The minimum absolute atomic E-state index is 0.152. The third kappa shape index (κ3) is 1.90. The van der Waals surface area contributed by atoms with E-state index in [-0.39, 0.29) is 6.54 Å².